The minimum absolute atomic E-state index is 0.0359. The Morgan fingerprint density at radius 2 is 1.77 bits per heavy atom. The van der Waals surface area contributed by atoms with E-state index in [-0.39, 0.29) is 24.7 Å². The van der Waals surface area contributed by atoms with Gasteiger partial charge in [-0.05, 0) is 45.0 Å². The maximum atomic E-state index is 12.5. The van der Waals surface area contributed by atoms with Crippen LogP contribution in [0.15, 0.2) is 48.5 Å². The van der Waals surface area contributed by atoms with Crippen LogP contribution < -0.4 is 10.2 Å². The number of anilines is 2. The predicted octanol–water partition coefficient (Wildman–Crippen LogP) is 3.12. The zero-order valence-corrected chi connectivity index (χ0v) is 17.2. The molecule has 2 amide bonds. The molecule has 3 rings (SSSR count). The van der Waals surface area contributed by atoms with Crippen LogP contribution in [-0.4, -0.2) is 36.2 Å². The Balaban J connectivity index is 1.60. The highest BCUT2D eigenvalue weighted by molar-refractivity contribution is 6.05. The van der Waals surface area contributed by atoms with Crippen molar-refractivity contribution in [2.75, 3.05) is 16.8 Å². The molecule has 1 aliphatic rings. The molecule has 0 aliphatic carbocycles. The summed E-state index contributed by atoms with van der Waals surface area (Å²) < 4.78 is 5.31. The number of hydrogen-bond acceptors (Lipinski definition) is 5. The Labute approximate surface area is 175 Å². The highest BCUT2D eigenvalue weighted by Crippen LogP contribution is 2.26. The highest BCUT2D eigenvalue weighted by atomic mass is 16.5. The van der Waals surface area contributed by atoms with E-state index in [1.165, 1.54) is 13.8 Å². The summed E-state index contributed by atoms with van der Waals surface area (Å²) >= 11 is 0. The molecule has 1 fully saturated rings. The second-order valence-electron chi connectivity index (χ2n) is 7.41. The van der Waals surface area contributed by atoms with Gasteiger partial charge < -0.3 is 15.0 Å². The fraction of sp³-hybridized carbons (Fsp3) is 0.304. The number of ketones is 1. The van der Waals surface area contributed by atoms with E-state index in [1.54, 1.807) is 29.2 Å². The summed E-state index contributed by atoms with van der Waals surface area (Å²) in [6.07, 6.45) is -1.03. The van der Waals surface area contributed by atoms with Crippen molar-refractivity contribution in [3.8, 4) is 0 Å². The summed E-state index contributed by atoms with van der Waals surface area (Å²) in [5, 5.41) is 2.62. The summed E-state index contributed by atoms with van der Waals surface area (Å²) in [6, 6.07) is 14.1. The molecule has 2 aromatic carbocycles. The molecular weight excluding hydrogens is 384 g/mol. The number of aryl methyl sites for hydroxylation is 1. The molecular formula is C23H24N2O5. The number of nitrogens with zero attached hydrogens (tertiary/aromatic N) is 1. The van der Waals surface area contributed by atoms with Gasteiger partial charge in [0.05, 0.1) is 11.6 Å². The number of ether oxygens (including phenoxy) is 1. The lowest BCUT2D eigenvalue weighted by Gasteiger charge is -2.18. The van der Waals surface area contributed by atoms with Crippen molar-refractivity contribution in [2.24, 2.45) is 5.92 Å². The normalized spacial score (nSPS) is 16.8. The average molecular weight is 408 g/mol. The largest absolute Gasteiger partial charge is 0.452 e. The molecule has 0 bridgehead atoms. The zero-order chi connectivity index (χ0) is 21.8. The topological polar surface area (TPSA) is 92.8 Å². The van der Waals surface area contributed by atoms with Crippen LogP contribution >= 0.6 is 0 Å². The molecule has 2 atom stereocenters. The number of Topliss-reactive ketones (excluding diaryl/α,β-unsaturated/α-hetero) is 1. The first-order chi connectivity index (χ1) is 14.3. The van der Waals surface area contributed by atoms with Gasteiger partial charge in [0.2, 0.25) is 5.91 Å². The molecule has 1 heterocycles. The number of amides is 2. The van der Waals surface area contributed by atoms with E-state index in [2.05, 4.69) is 5.32 Å². The number of rotatable bonds is 6. The maximum absolute atomic E-state index is 12.5. The van der Waals surface area contributed by atoms with E-state index in [1.807, 2.05) is 31.2 Å². The van der Waals surface area contributed by atoms with Crippen LogP contribution in [0.3, 0.4) is 0 Å². The van der Waals surface area contributed by atoms with Gasteiger partial charge in [0.15, 0.2) is 11.9 Å². The molecule has 2 aromatic rings. The van der Waals surface area contributed by atoms with Crippen molar-refractivity contribution in [1.29, 1.82) is 0 Å². The summed E-state index contributed by atoms with van der Waals surface area (Å²) in [5.41, 5.74) is 2.54. The van der Waals surface area contributed by atoms with Crippen molar-refractivity contribution in [1.82, 2.24) is 0 Å². The molecule has 1 aliphatic heterocycles. The monoisotopic (exact) mass is 408 g/mol. The summed E-state index contributed by atoms with van der Waals surface area (Å²) in [4.78, 5) is 50.6. The van der Waals surface area contributed by atoms with Crippen molar-refractivity contribution in [3.63, 3.8) is 0 Å². The van der Waals surface area contributed by atoms with Gasteiger partial charge in [0, 0.05) is 24.2 Å². The third kappa shape index (κ3) is 4.74. The number of hydrogen-bond donors (Lipinski definition) is 1. The molecule has 156 valence electrons. The van der Waals surface area contributed by atoms with Crippen LogP contribution in [0.2, 0.25) is 0 Å². The Bertz CT molecular complexity index is 983. The maximum Gasteiger partial charge on any atom is 0.312 e. The minimum Gasteiger partial charge on any atom is -0.452 e. The van der Waals surface area contributed by atoms with Gasteiger partial charge in [-0.3, -0.25) is 19.2 Å². The lowest BCUT2D eigenvalue weighted by molar-refractivity contribution is -0.157. The van der Waals surface area contributed by atoms with Crippen LogP contribution in [-0.2, 0) is 19.1 Å². The Kier molecular flexibility index (Phi) is 6.30. The lowest BCUT2D eigenvalue weighted by Crippen LogP contribution is -2.33. The van der Waals surface area contributed by atoms with Gasteiger partial charge in [0.25, 0.3) is 5.91 Å². The predicted molar refractivity (Wildman–Crippen MR) is 112 cm³/mol. The Morgan fingerprint density at radius 1 is 1.10 bits per heavy atom. The van der Waals surface area contributed by atoms with E-state index in [9.17, 15) is 19.2 Å². The smallest absolute Gasteiger partial charge is 0.312 e. The van der Waals surface area contributed by atoms with Crippen LogP contribution in [0.1, 0.15) is 36.2 Å². The minimum atomic E-state index is -1.07. The van der Waals surface area contributed by atoms with Crippen LogP contribution in [0.25, 0.3) is 0 Å². The number of carbonyl (C=O) groups is 4. The first-order valence-corrected chi connectivity index (χ1v) is 9.74. The zero-order valence-electron chi connectivity index (χ0n) is 17.2. The van der Waals surface area contributed by atoms with Gasteiger partial charge in [0.1, 0.15) is 0 Å². The first kappa shape index (κ1) is 21.2. The van der Waals surface area contributed by atoms with Crippen molar-refractivity contribution >= 4 is 34.9 Å². The third-order valence-electron chi connectivity index (χ3n) is 5.03. The number of esters is 1. The SMILES string of the molecule is CC(=O)c1ccccc1NC(=O)[C@H](C)OC(=O)[C@@H]1CC(=O)N(c2ccc(C)cc2)C1. The standard InChI is InChI=1S/C23H24N2O5/c1-14-8-10-18(11-9-14)25-13-17(12-21(25)27)23(29)30-16(3)22(28)24-20-7-5-4-6-19(20)15(2)26/h4-11,16-17H,12-13H2,1-3H3,(H,24,28)/t16-,17+/m0/s1. The quantitative estimate of drug-likeness (QED) is 0.586. The van der Waals surface area contributed by atoms with Crippen LogP contribution in [0.5, 0.6) is 0 Å². The number of para-hydroxylation sites is 1. The average Bonchev–Trinajstić information content (AvgIpc) is 3.10. The molecule has 0 radical (unpaired) electrons. The molecule has 30 heavy (non-hydrogen) atoms. The van der Waals surface area contributed by atoms with E-state index < -0.39 is 23.9 Å². The van der Waals surface area contributed by atoms with Crippen molar-refractivity contribution in [2.45, 2.75) is 33.3 Å². The van der Waals surface area contributed by atoms with E-state index >= 15 is 0 Å². The fourth-order valence-corrected chi connectivity index (χ4v) is 3.30. The lowest BCUT2D eigenvalue weighted by atomic mass is 10.1. The van der Waals surface area contributed by atoms with Gasteiger partial charge in [-0.15, -0.1) is 0 Å². The summed E-state index contributed by atoms with van der Waals surface area (Å²) in [5.74, 6) is -2.12. The van der Waals surface area contributed by atoms with Gasteiger partial charge >= 0.3 is 5.97 Å². The van der Waals surface area contributed by atoms with Crippen molar-refractivity contribution in [3.05, 3.63) is 59.7 Å². The van der Waals surface area contributed by atoms with E-state index in [0.29, 0.717) is 11.3 Å². The third-order valence-corrected chi connectivity index (χ3v) is 5.03. The Morgan fingerprint density at radius 3 is 2.43 bits per heavy atom. The second kappa shape index (κ2) is 8.90. The van der Waals surface area contributed by atoms with E-state index in [4.69, 9.17) is 4.74 Å². The molecule has 7 heteroatoms. The molecule has 1 N–H and O–H groups in total. The van der Waals surface area contributed by atoms with Gasteiger partial charge in [-0.25, -0.2) is 0 Å². The van der Waals surface area contributed by atoms with E-state index in [0.717, 1.165) is 11.3 Å². The molecule has 0 saturated carbocycles. The second-order valence-corrected chi connectivity index (χ2v) is 7.41. The summed E-state index contributed by atoms with van der Waals surface area (Å²) in [7, 11) is 0. The number of benzene rings is 2. The number of carbonyl (C=O) groups excluding carboxylic acids is 4. The van der Waals surface area contributed by atoms with Crippen LogP contribution in [0, 0.1) is 12.8 Å². The molecule has 1 saturated heterocycles. The number of nitrogens with one attached hydrogen (secondary N) is 1. The van der Waals surface area contributed by atoms with Gasteiger partial charge in [-0.1, -0.05) is 29.8 Å². The van der Waals surface area contributed by atoms with Gasteiger partial charge in [-0.2, -0.15) is 0 Å². The molecule has 0 unspecified atom stereocenters. The molecule has 0 spiro atoms. The Hall–Kier alpha value is -3.48. The molecule has 7 nitrogen and oxygen atoms in total. The first-order valence-electron chi connectivity index (χ1n) is 9.74. The van der Waals surface area contributed by atoms with Crippen LogP contribution in [0.4, 0.5) is 11.4 Å². The molecule has 0 aromatic heterocycles. The summed E-state index contributed by atoms with van der Waals surface area (Å²) in [6.45, 7) is 5.03. The van der Waals surface area contributed by atoms with Crippen molar-refractivity contribution < 1.29 is 23.9 Å². The highest BCUT2D eigenvalue weighted by Gasteiger charge is 2.37. The fourth-order valence-electron chi connectivity index (χ4n) is 3.30.